The minimum atomic E-state index is -3.44. The van der Waals surface area contributed by atoms with E-state index in [1.807, 2.05) is 6.07 Å². The lowest BCUT2D eigenvalue weighted by atomic mass is 9.93. The number of amides is 1. The number of carbonyl (C=O) groups excluding carboxylic acids is 1. The highest BCUT2D eigenvalue weighted by molar-refractivity contribution is 7.90. The third kappa shape index (κ3) is 5.38. The van der Waals surface area contributed by atoms with Gasteiger partial charge in [-0.15, -0.1) is 0 Å². The minimum Gasteiger partial charge on any atom is -0.474 e. The van der Waals surface area contributed by atoms with E-state index in [0.29, 0.717) is 55.9 Å². The van der Waals surface area contributed by atoms with Crippen LogP contribution in [0.1, 0.15) is 36.4 Å². The average Bonchev–Trinajstić information content (AvgIpc) is 3.40. The van der Waals surface area contributed by atoms with Crippen molar-refractivity contribution in [1.82, 2.24) is 20.3 Å². The van der Waals surface area contributed by atoms with Crippen molar-refractivity contribution in [3.05, 3.63) is 36.7 Å². The fourth-order valence-corrected chi connectivity index (χ4v) is 4.95. The van der Waals surface area contributed by atoms with Gasteiger partial charge < -0.3 is 24.1 Å². The number of pyridine rings is 2. The first-order valence-electron chi connectivity index (χ1n) is 11.6. The van der Waals surface area contributed by atoms with E-state index in [-0.39, 0.29) is 28.8 Å². The SMILES string of the molecule is CS(=O)(=O)c1cnc2cc(N3CCOCC3)nc(O[C@H]3CC[C@@H](NC(=O)c4ncco4)CC3)c2c1. The van der Waals surface area contributed by atoms with Crippen molar-refractivity contribution in [3.8, 4) is 5.88 Å². The van der Waals surface area contributed by atoms with Crippen molar-refractivity contribution < 1.29 is 27.1 Å². The number of oxazole rings is 1. The van der Waals surface area contributed by atoms with Crippen LogP contribution in [0.4, 0.5) is 5.82 Å². The van der Waals surface area contributed by atoms with Gasteiger partial charge in [0.1, 0.15) is 18.2 Å². The second kappa shape index (κ2) is 9.78. The van der Waals surface area contributed by atoms with Crippen LogP contribution in [0.5, 0.6) is 5.88 Å². The van der Waals surface area contributed by atoms with Gasteiger partial charge in [0.05, 0.1) is 35.2 Å². The van der Waals surface area contributed by atoms with Crippen molar-refractivity contribution in [2.24, 2.45) is 0 Å². The Morgan fingerprint density at radius 1 is 1.14 bits per heavy atom. The highest BCUT2D eigenvalue weighted by Crippen LogP contribution is 2.32. The van der Waals surface area contributed by atoms with Crippen LogP contribution in [0.15, 0.2) is 40.1 Å². The summed E-state index contributed by atoms with van der Waals surface area (Å²) >= 11 is 0. The smallest absolute Gasteiger partial charge is 0.307 e. The Hall–Kier alpha value is -3.25. The van der Waals surface area contributed by atoms with Crippen molar-refractivity contribution in [1.29, 1.82) is 0 Å². The van der Waals surface area contributed by atoms with Gasteiger partial charge in [-0.2, -0.15) is 4.98 Å². The molecule has 1 aliphatic heterocycles. The molecular weight excluding hydrogens is 474 g/mol. The zero-order chi connectivity index (χ0) is 24.4. The van der Waals surface area contributed by atoms with Crippen molar-refractivity contribution in [2.45, 2.75) is 42.7 Å². The molecule has 0 radical (unpaired) electrons. The predicted molar refractivity (Wildman–Crippen MR) is 126 cm³/mol. The molecule has 0 atom stereocenters. The fourth-order valence-electron chi connectivity index (χ4n) is 4.37. The first kappa shape index (κ1) is 23.5. The predicted octanol–water partition coefficient (Wildman–Crippen LogP) is 1.98. The Morgan fingerprint density at radius 2 is 1.91 bits per heavy atom. The highest BCUT2D eigenvalue weighted by Gasteiger charge is 2.27. The third-order valence-electron chi connectivity index (χ3n) is 6.28. The van der Waals surface area contributed by atoms with Gasteiger partial charge >= 0.3 is 5.91 Å². The summed E-state index contributed by atoms with van der Waals surface area (Å²) in [4.78, 5) is 27.5. The van der Waals surface area contributed by atoms with E-state index in [1.54, 1.807) is 6.07 Å². The average molecular weight is 502 g/mol. The second-order valence-electron chi connectivity index (χ2n) is 8.80. The summed E-state index contributed by atoms with van der Waals surface area (Å²) in [5, 5.41) is 3.51. The Morgan fingerprint density at radius 3 is 2.60 bits per heavy atom. The summed E-state index contributed by atoms with van der Waals surface area (Å²) < 4.78 is 41.1. The van der Waals surface area contributed by atoms with Gasteiger partial charge in [0, 0.05) is 37.7 Å². The van der Waals surface area contributed by atoms with E-state index < -0.39 is 9.84 Å². The lowest BCUT2D eigenvalue weighted by Gasteiger charge is -2.30. The number of aromatic nitrogens is 3. The second-order valence-corrected chi connectivity index (χ2v) is 10.8. The van der Waals surface area contributed by atoms with Gasteiger partial charge in [0.2, 0.25) is 5.88 Å². The first-order chi connectivity index (χ1) is 16.9. The summed E-state index contributed by atoms with van der Waals surface area (Å²) in [6, 6.07) is 3.43. The van der Waals surface area contributed by atoms with Crippen LogP contribution in [0.2, 0.25) is 0 Å². The number of nitrogens with zero attached hydrogens (tertiary/aromatic N) is 4. The molecule has 11 nitrogen and oxygen atoms in total. The number of anilines is 1. The van der Waals surface area contributed by atoms with Crippen LogP contribution >= 0.6 is 0 Å². The van der Waals surface area contributed by atoms with Crippen LogP contribution in [-0.2, 0) is 14.6 Å². The van der Waals surface area contributed by atoms with Crippen LogP contribution < -0.4 is 15.0 Å². The molecule has 0 aromatic carbocycles. The summed E-state index contributed by atoms with van der Waals surface area (Å²) in [5.74, 6) is 0.814. The maximum atomic E-state index is 12.2. The van der Waals surface area contributed by atoms with Crippen LogP contribution in [0, 0.1) is 0 Å². The summed E-state index contributed by atoms with van der Waals surface area (Å²) in [6.45, 7) is 2.63. The summed E-state index contributed by atoms with van der Waals surface area (Å²) in [5.41, 5.74) is 0.621. The van der Waals surface area contributed by atoms with Gasteiger partial charge in [-0.3, -0.25) is 9.78 Å². The molecule has 1 aliphatic carbocycles. The Kier molecular flexibility index (Phi) is 6.56. The van der Waals surface area contributed by atoms with Crippen molar-refractivity contribution in [3.63, 3.8) is 0 Å². The minimum absolute atomic E-state index is 0.00265. The molecule has 186 valence electrons. The zero-order valence-corrected chi connectivity index (χ0v) is 20.2. The molecule has 2 aliphatic rings. The first-order valence-corrected chi connectivity index (χ1v) is 13.5. The molecule has 1 saturated carbocycles. The largest absolute Gasteiger partial charge is 0.474 e. The van der Waals surface area contributed by atoms with E-state index in [4.69, 9.17) is 18.9 Å². The van der Waals surface area contributed by atoms with Gasteiger partial charge in [0.15, 0.2) is 9.84 Å². The lowest BCUT2D eigenvalue weighted by molar-refractivity contribution is 0.0858. The van der Waals surface area contributed by atoms with Crippen LogP contribution in [0.25, 0.3) is 10.9 Å². The molecule has 35 heavy (non-hydrogen) atoms. The molecule has 1 saturated heterocycles. The molecule has 1 N–H and O–H groups in total. The number of nitrogens with one attached hydrogen (secondary N) is 1. The molecule has 5 rings (SSSR count). The summed E-state index contributed by atoms with van der Waals surface area (Å²) in [7, 11) is -3.44. The quantitative estimate of drug-likeness (QED) is 0.534. The molecule has 4 heterocycles. The van der Waals surface area contributed by atoms with Crippen LogP contribution in [0.3, 0.4) is 0 Å². The standard InChI is InChI=1S/C23H27N5O6S/c1-35(30,31)17-12-18-19(25-14-17)13-20(28-7-10-32-11-8-28)27-22(18)34-16-4-2-15(3-5-16)26-21(29)23-24-6-9-33-23/h6,9,12-16H,2-5,7-8,10-11H2,1H3,(H,26,29)/t15-,16+. The van der Waals surface area contributed by atoms with Gasteiger partial charge in [0.25, 0.3) is 5.89 Å². The molecule has 3 aromatic heterocycles. The Labute approximate surface area is 202 Å². The topological polar surface area (TPSA) is 137 Å². The maximum Gasteiger partial charge on any atom is 0.307 e. The third-order valence-corrected chi connectivity index (χ3v) is 7.36. The zero-order valence-electron chi connectivity index (χ0n) is 19.3. The number of carbonyl (C=O) groups is 1. The van der Waals surface area contributed by atoms with E-state index >= 15 is 0 Å². The molecule has 12 heteroatoms. The molecule has 0 spiro atoms. The number of ether oxygens (including phenoxy) is 2. The molecule has 3 aromatic rings. The Balaban J connectivity index is 1.35. The van der Waals surface area contributed by atoms with Gasteiger partial charge in [-0.25, -0.2) is 13.4 Å². The number of morpholine rings is 1. The van der Waals surface area contributed by atoms with Crippen LogP contribution in [-0.4, -0.2) is 74.0 Å². The Bertz CT molecular complexity index is 1300. The van der Waals surface area contributed by atoms with Gasteiger partial charge in [-0.05, 0) is 31.7 Å². The molecular formula is C23H27N5O6S. The van der Waals surface area contributed by atoms with E-state index in [1.165, 1.54) is 18.7 Å². The van der Waals surface area contributed by atoms with Crippen molar-refractivity contribution in [2.75, 3.05) is 37.5 Å². The van der Waals surface area contributed by atoms with Crippen molar-refractivity contribution >= 4 is 32.5 Å². The molecule has 0 bridgehead atoms. The number of sulfone groups is 1. The summed E-state index contributed by atoms with van der Waals surface area (Å²) in [6.07, 6.45) is 8.07. The van der Waals surface area contributed by atoms with Gasteiger partial charge in [-0.1, -0.05) is 0 Å². The van der Waals surface area contributed by atoms with E-state index in [2.05, 4.69) is 20.2 Å². The molecule has 2 fully saturated rings. The molecule has 0 unspecified atom stereocenters. The monoisotopic (exact) mass is 501 g/mol. The van der Waals surface area contributed by atoms with E-state index in [0.717, 1.165) is 24.9 Å². The highest BCUT2D eigenvalue weighted by atomic mass is 32.2. The fraction of sp³-hybridized carbons (Fsp3) is 0.478. The molecule has 1 amide bonds. The maximum absolute atomic E-state index is 12.2. The number of fused-ring (bicyclic) bond motifs is 1. The lowest BCUT2D eigenvalue weighted by Crippen LogP contribution is -2.40. The van der Waals surface area contributed by atoms with E-state index in [9.17, 15) is 13.2 Å². The number of rotatable bonds is 6. The number of hydrogen-bond donors (Lipinski definition) is 1. The normalized spacial score (nSPS) is 21.1. The number of hydrogen-bond acceptors (Lipinski definition) is 10.